The molecule has 0 saturated carbocycles. The van der Waals surface area contributed by atoms with Crippen LogP contribution < -0.4 is 4.74 Å². The van der Waals surface area contributed by atoms with E-state index < -0.39 is 0 Å². The Hall–Kier alpha value is -0.980. The van der Waals surface area contributed by atoms with E-state index in [0.717, 1.165) is 12.2 Å². The predicted octanol–water partition coefficient (Wildman–Crippen LogP) is 4.73. The van der Waals surface area contributed by atoms with Crippen LogP contribution >= 0.6 is 0 Å². The smallest absolute Gasteiger partial charge is 0.119 e. The summed E-state index contributed by atoms with van der Waals surface area (Å²) >= 11 is 0. The maximum atomic E-state index is 5.35. The second kappa shape index (κ2) is 6.09. The highest BCUT2D eigenvalue weighted by Gasteiger charge is 2.21. The standard InChI is InChI=1S/C16H26O/c1-6-8-9-13-10-11-14(17-5)12-15(13)16(3,4)7-2/h10-12H,6-9H2,1-5H3. The average molecular weight is 234 g/mol. The maximum absolute atomic E-state index is 5.35. The molecule has 0 aliphatic rings. The first-order valence-corrected chi connectivity index (χ1v) is 6.72. The fourth-order valence-corrected chi connectivity index (χ4v) is 2.09. The van der Waals surface area contributed by atoms with E-state index in [1.54, 1.807) is 7.11 Å². The van der Waals surface area contributed by atoms with Crippen LogP contribution in [0.15, 0.2) is 18.2 Å². The third-order valence-electron chi connectivity index (χ3n) is 3.73. The lowest BCUT2D eigenvalue weighted by atomic mass is 9.78. The largest absolute Gasteiger partial charge is 0.497 e. The van der Waals surface area contributed by atoms with Gasteiger partial charge in [-0.3, -0.25) is 0 Å². The minimum Gasteiger partial charge on any atom is -0.497 e. The monoisotopic (exact) mass is 234 g/mol. The van der Waals surface area contributed by atoms with E-state index in [4.69, 9.17) is 4.74 Å². The second-order valence-corrected chi connectivity index (χ2v) is 5.36. The van der Waals surface area contributed by atoms with Gasteiger partial charge in [-0.25, -0.2) is 0 Å². The van der Waals surface area contributed by atoms with Gasteiger partial charge in [-0.1, -0.05) is 40.2 Å². The molecule has 0 aliphatic heterocycles. The first-order chi connectivity index (χ1) is 8.05. The van der Waals surface area contributed by atoms with Crippen LogP contribution in [0.2, 0.25) is 0 Å². The average Bonchev–Trinajstić information content (AvgIpc) is 2.36. The van der Waals surface area contributed by atoms with Crippen molar-refractivity contribution in [1.29, 1.82) is 0 Å². The van der Waals surface area contributed by atoms with Crippen molar-refractivity contribution in [3.63, 3.8) is 0 Å². The molecule has 0 aromatic heterocycles. The van der Waals surface area contributed by atoms with E-state index in [-0.39, 0.29) is 5.41 Å². The van der Waals surface area contributed by atoms with Crippen molar-refractivity contribution in [2.45, 2.75) is 58.8 Å². The normalized spacial score (nSPS) is 11.6. The quantitative estimate of drug-likeness (QED) is 0.691. The Bertz CT molecular complexity index is 353. The summed E-state index contributed by atoms with van der Waals surface area (Å²) in [6.45, 7) is 9.13. The summed E-state index contributed by atoms with van der Waals surface area (Å²) in [5.74, 6) is 0.974. The Morgan fingerprint density at radius 1 is 1.18 bits per heavy atom. The van der Waals surface area contributed by atoms with Crippen molar-refractivity contribution in [3.05, 3.63) is 29.3 Å². The number of aryl methyl sites for hydroxylation is 1. The van der Waals surface area contributed by atoms with Gasteiger partial charge < -0.3 is 4.74 Å². The number of benzene rings is 1. The summed E-state index contributed by atoms with van der Waals surface area (Å²) in [5, 5.41) is 0. The van der Waals surface area contributed by atoms with Crippen LogP contribution in [-0.2, 0) is 11.8 Å². The van der Waals surface area contributed by atoms with Gasteiger partial charge in [0.25, 0.3) is 0 Å². The molecule has 1 aromatic rings. The van der Waals surface area contributed by atoms with E-state index in [1.807, 2.05) is 0 Å². The molecule has 0 aliphatic carbocycles. The highest BCUT2D eigenvalue weighted by Crippen LogP contribution is 2.33. The maximum Gasteiger partial charge on any atom is 0.119 e. The van der Waals surface area contributed by atoms with Gasteiger partial charge in [0.2, 0.25) is 0 Å². The summed E-state index contributed by atoms with van der Waals surface area (Å²) in [6, 6.07) is 6.54. The molecule has 1 aromatic carbocycles. The Balaban J connectivity index is 3.11. The molecule has 0 amide bonds. The molecule has 0 radical (unpaired) electrons. The molecule has 0 spiro atoms. The number of methoxy groups -OCH3 is 1. The Morgan fingerprint density at radius 2 is 1.88 bits per heavy atom. The molecule has 1 heteroatoms. The van der Waals surface area contributed by atoms with Gasteiger partial charge >= 0.3 is 0 Å². The van der Waals surface area contributed by atoms with E-state index >= 15 is 0 Å². The molecule has 0 bridgehead atoms. The first kappa shape index (κ1) is 14.1. The van der Waals surface area contributed by atoms with Crippen molar-refractivity contribution in [1.82, 2.24) is 0 Å². The molecule has 1 rings (SSSR count). The zero-order chi connectivity index (χ0) is 12.9. The van der Waals surface area contributed by atoms with Crippen molar-refractivity contribution in [3.8, 4) is 5.75 Å². The van der Waals surface area contributed by atoms with Gasteiger partial charge in [-0.05, 0) is 47.9 Å². The third-order valence-corrected chi connectivity index (χ3v) is 3.73. The van der Waals surface area contributed by atoms with E-state index in [1.165, 1.54) is 30.4 Å². The highest BCUT2D eigenvalue weighted by atomic mass is 16.5. The first-order valence-electron chi connectivity index (χ1n) is 6.72. The number of hydrogen-bond acceptors (Lipinski definition) is 1. The SMILES string of the molecule is CCCCc1ccc(OC)cc1C(C)(C)CC. The zero-order valence-electron chi connectivity index (χ0n) is 12.0. The Morgan fingerprint density at radius 3 is 2.41 bits per heavy atom. The summed E-state index contributed by atoms with van der Waals surface area (Å²) in [6.07, 6.45) is 4.84. The summed E-state index contributed by atoms with van der Waals surface area (Å²) in [7, 11) is 1.74. The number of ether oxygens (including phenoxy) is 1. The lowest BCUT2D eigenvalue weighted by Gasteiger charge is -2.27. The van der Waals surface area contributed by atoms with Crippen molar-refractivity contribution < 1.29 is 4.74 Å². The number of hydrogen-bond donors (Lipinski definition) is 0. The van der Waals surface area contributed by atoms with Crippen LogP contribution in [0.3, 0.4) is 0 Å². The van der Waals surface area contributed by atoms with Gasteiger partial charge in [0.15, 0.2) is 0 Å². The van der Waals surface area contributed by atoms with Gasteiger partial charge in [0.1, 0.15) is 5.75 Å². The Kier molecular flexibility index (Phi) is 5.04. The molecule has 0 unspecified atom stereocenters. The molecule has 1 nitrogen and oxygen atoms in total. The third kappa shape index (κ3) is 3.49. The van der Waals surface area contributed by atoms with E-state index in [2.05, 4.69) is 45.9 Å². The van der Waals surface area contributed by atoms with Crippen LogP contribution in [0.5, 0.6) is 5.75 Å². The van der Waals surface area contributed by atoms with Crippen LogP contribution in [0, 0.1) is 0 Å². The fourth-order valence-electron chi connectivity index (χ4n) is 2.09. The van der Waals surface area contributed by atoms with Gasteiger partial charge in [-0.2, -0.15) is 0 Å². The lowest BCUT2D eigenvalue weighted by molar-refractivity contribution is 0.410. The summed E-state index contributed by atoms with van der Waals surface area (Å²) < 4.78 is 5.35. The molecule has 0 heterocycles. The molecular weight excluding hydrogens is 208 g/mol. The minimum atomic E-state index is 0.234. The molecule has 17 heavy (non-hydrogen) atoms. The Labute approximate surface area is 106 Å². The van der Waals surface area contributed by atoms with Gasteiger partial charge in [-0.15, -0.1) is 0 Å². The van der Waals surface area contributed by atoms with E-state index in [9.17, 15) is 0 Å². The summed E-state index contributed by atoms with van der Waals surface area (Å²) in [4.78, 5) is 0. The lowest BCUT2D eigenvalue weighted by Crippen LogP contribution is -2.18. The van der Waals surface area contributed by atoms with Gasteiger partial charge in [0, 0.05) is 0 Å². The fraction of sp³-hybridized carbons (Fsp3) is 0.625. The molecule has 0 fully saturated rings. The van der Waals surface area contributed by atoms with Crippen molar-refractivity contribution >= 4 is 0 Å². The molecule has 0 N–H and O–H groups in total. The predicted molar refractivity (Wildman–Crippen MR) is 74.9 cm³/mol. The van der Waals surface area contributed by atoms with Crippen LogP contribution in [0.1, 0.15) is 58.1 Å². The molecular formula is C16H26O. The van der Waals surface area contributed by atoms with Crippen LogP contribution in [-0.4, -0.2) is 7.11 Å². The van der Waals surface area contributed by atoms with Crippen LogP contribution in [0.25, 0.3) is 0 Å². The van der Waals surface area contributed by atoms with Crippen molar-refractivity contribution in [2.24, 2.45) is 0 Å². The highest BCUT2D eigenvalue weighted by molar-refractivity contribution is 5.40. The molecule has 96 valence electrons. The zero-order valence-corrected chi connectivity index (χ0v) is 12.0. The molecule has 0 atom stereocenters. The van der Waals surface area contributed by atoms with Crippen molar-refractivity contribution in [2.75, 3.05) is 7.11 Å². The number of rotatable bonds is 6. The summed E-state index contributed by atoms with van der Waals surface area (Å²) in [5.41, 5.74) is 3.17. The second-order valence-electron chi connectivity index (χ2n) is 5.36. The molecule has 0 saturated heterocycles. The van der Waals surface area contributed by atoms with E-state index in [0.29, 0.717) is 0 Å². The number of unbranched alkanes of at least 4 members (excludes halogenated alkanes) is 1. The van der Waals surface area contributed by atoms with Crippen LogP contribution in [0.4, 0.5) is 0 Å². The topological polar surface area (TPSA) is 9.23 Å². The van der Waals surface area contributed by atoms with Gasteiger partial charge in [0.05, 0.1) is 7.11 Å². The minimum absolute atomic E-state index is 0.234.